The fourth-order valence-corrected chi connectivity index (χ4v) is 2.73. The molecule has 2 bridgehead atoms. The first-order valence-electron chi connectivity index (χ1n) is 5.04. The van der Waals surface area contributed by atoms with Crippen LogP contribution in [0.25, 0.3) is 0 Å². The molecule has 1 heteroatoms. The van der Waals surface area contributed by atoms with Gasteiger partial charge in [0.05, 0.1) is 0 Å². The third-order valence-electron chi connectivity index (χ3n) is 3.29. The highest BCUT2D eigenvalue weighted by Crippen LogP contribution is 2.46. The second-order valence-corrected chi connectivity index (χ2v) is 4.39. The predicted molar refractivity (Wildman–Crippen MR) is 53.3 cm³/mol. The van der Waals surface area contributed by atoms with Gasteiger partial charge in [0.2, 0.25) is 0 Å². The molecule has 3 atom stereocenters. The van der Waals surface area contributed by atoms with Crippen LogP contribution in [0, 0.1) is 17.8 Å². The number of hydrogen-bond donors (Lipinski definition) is 0. The molecule has 0 saturated heterocycles. The number of rotatable bonds is 2. The minimum absolute atomic E-state index is 0.184. The van der Waals surface area contributed by atoms with Crippen LogP contribution < -0.4 is 0 Å². The molecule has 2 aliphatic rings. The van der Waals surface area contributed by atoms with Crippen molar-refractivity contribution in [1.82, 2.24) is 0 Å². The minimum Gasteiger partial charge on any atom is -0.295 e. The lowest BCUT2D eigenvalue weighted by atomic mass is 9.87. The van der Waals surface area contributed by atoms with E-state index >= 15 is 0 Å². The molecular weight excluding hydrogens is 160 g/mol. The molecule has 13 heavy (non-hydrogen) atoms. The third-order valence-corrected chi connectivity index (χ3v) is 3.29. The van der Waals surface area contributed by atoms with E-state index in [4.69, 9.17) is 0 Å². The molecule has 0 spiro atoms. The predicted octanol–water partition coefficient (Wildman–Crippen LogP) is 2.73. The Balaban J connectivity index is 2.11. The van der Waals surface area contributed by atoms with Gasteiger partial charge in [-0.2, -0.15) is 0 Å². The Hall–Kier alpha value is -0.850. The number of ketones is 1. The molecule has 1 saturated carbocycles. The highest BCUT2D eigenvalue weighted by molar-refractivity contribution is 5.87. The summed E-state index contributed by atoms with van der Waals surface area (Å²) < 4.78 is 0. The van der Waals surface area contributed by atoms with Gasteiger partial charge in [0, 0.05) is 0 Å². The second-order valence-electron chi connectivity index (χ2n) is 4.39. The van der Waals surface area contributed by atoms with E-state index in [0.29, 0.717) is 5.92 Å². The molecule has 0 N–H and O–H groups in total. The molecular formula is C12H16O. The smallest absolute Gasteiger partial charge is 0.152 e. The normalized spacial score (nSPS) is 37.1. The summed E-state index contributed by atoms with van der Waals surface area (Å²) in [7, 11) is 0. The largest absolute Gasteiger partial charge is 0.295 e. The molecule has 0 aromatic rings. The van der Waals surface area contributed by atoms with Crippen molar-refractivity contribution in [2.75, 3.05) is 0 Å². The Labute approximate surface area is 79.5 Å². The van der Waals surface area contributed by atoms with Gasteiger partial charge in [-0.15, -0.1) is 0 Å². The monoisotopic (exact) mass is 176 g/mol. The van der Waals surface area contributed by atoms with Gasteiger partial charge in [-0.05, 0) is 50.5 Å². The lowest BCUT2D eigenvalue weighted by Crippen LogP contribution is -2.09. The molecule has 3 unspecified atom stereocenters. The van der Waals surface area contributed by atoms with E-state index in [9.17, 15) is 4.79 Å². The van der Waals surface area contributed by atoms with Crippen molar-refractivity contribution in [3.05, 3.63) is 23.8 Å². The van der Waals surface area contributed by atoms with Crippen LogP contribution in [0.5, 0.6) is 0 Å². The highest BCUT2D eigenvalue weighted by atomic mass is 16.1. The van der Waals surface area contributed by atoms with E-state index in [1.54, 1.807) is 13.0 Å². The third kappa shape index (κ3) is 1.60. The van der Waals surface area contributed by atoms with Crippen LogP contribution in [0.3, 0.4) is 0 Å². The van der Waals surface area contributed by atoms with Crippen molar-refractivity contribution in [2.24, 2.45) is 17.8 Å². The summed E-state index contributed by atoms with van der Waals surface area (Å²) in [6.07, 6.45) is 9.04. The van der Waals surface area contributed by atoms with Crippen molar-refractivity contribution < 1.29 is 4.79 Å². The van der Waals surface area contributed by atoms with Gasteiger partial charge in [0.25, 0.3) is 0 Å². The molecule has 2 aliphatic carbocycles. The maximum Gasteiger partial charge on any atom is 0.152 e. The number of carbonyl (C=O) groups is 1. The van der Waals surface area contributed by atoms with Gasteiger partial charge in [0.1, 0.15) is 0 Å². The van der Waals surface area contributed by atoms with E-state index in [-0.39, 0.29) is 5.78 Å². The summed E-state index contributed by atoms with van der Waals surface area (Å²) in [5.74, 6) is 2.36. The quantitative estimate of drug-likeness (QED) is 0.467. The summed E-state index contributed by atoms with van der Waals surface area (Å²) in [6, 6.07) is 0. The van der Waals surface area contributed by atoms with Crippen molar-refractivity contribution in [2.45, 2.75) is 26.7 Å². The first-order valence-corrected chi connectivity index (χ1v) is 5.04. The average molecular weight is 176 g/mol. The van der Waals surface area contributed by atoms with Gasteiger partial charge in [-0.25, -0.2) is 0 Å². The first kappa shape index (κ1) is 8.74. The maximum atomic E-state index is 10.9. The van der Waals surface area contributed by atoms with Gasteiger partial charge >= 0.3 is 0 Å². The second kappa shape index (κ2) is 3.13. The molecule has 1 fully saturated rings. The Morgan fingerprint density at radius 3 is 2.54 bits per heavy atom. The van der Waals surface area contributed by atoms with Crippen molar-refractivity contribution in [3.8, 4) is 0 Å². The Bertz CT molecular complexity index is 285. The average Bonchev–Trinajstić information content (AvgIpc) is 2.62. The molecule has 0 radical (unpaired) electrons. The number of fused-ring (bicyclic) bond motifs is 2. The fraction of sp³-hybridized carbons (Fsp3) is 0.583. The van der Waals surface area contributed by atoms with Crippen LogP contribution in [0.1, 0.15) is 26.7 Å². The molecule has 2 rings (SSSR count). The van der Waals surface area contributed by atoms with Crippen LogP contribution in [0.2, 0.25) is 0 Å². The minimum atomic E-state index is 0.184. The van der Waals surface area contributed by atoms with Gasteiger partial charge < -0.3 is 0 Å². The van der Waals surface area contributed by atoms with Crippen LogP contribution in [-0.2, 0) is 4.79 Å². The number of carbonyl (C=O) groups excluding carboxylic acids is 1. The van der Waals surface area contributed by atoms with E-state index < -0.39 is 0 Å². The highest BCUT2D eigenvalue weighted by Gasteiger charge is 2.36. The molecule has 0 aromatic heterocycles. The Morgan fingerprint density at radius 1 is 1.31 bits per heavy atom. The van der Waals surface area contributed by atoms with Crippen molar-refractivity contribution in [1.29, 1.82) is 0 Å². The van der Waals surface area contributed by atoms with E-state index in [2.05, 4.69) is 19.1 Å². The van der Waals surface area contributed by atoms with Crippen LogP contribution in [0.4, 0.5) is 0 Å². The summed E-state index contributed by atoms with van der Waals surface area (Å²) in [4.78, 5) is 10.9. The number of allylic oxidation sites excluding steroid dienone is 4. The topological polar surface area (TPSA) is 17.1 Å². The first-order chi connectivity index (χ1) is 6.16. The number of hydrogen-bond acceptors (Lipinski definition) is 1. The molecule has 0 aliphatic heterocycles. The van der Waals surface area contributed by atoms with E-state index in [1.807, 2.05) is 0 Å². The van der Waals surface area contributed by atoms with Crippen LogP contribution in [0.15, 0.2) is 23.8 Å². The van der Waals surface area contributed by atoms with E-state index in [1.165, 1.54) is 18.4 Å². The lowest BCUT2D eigenvalue weighted by Gasteiger charge is -2.18. The Morgan fingerprint density at radius 2 is 2.08 bits per heavy atom. The maximum absolute atomic E-state index is 10.9. The molecule has 70 valence electrons. The van der Waals surface area contributed by atoms with E-state index in [0.717, 1.165) is 11.8 Å². The molecule has 1 nitrogen and oxygen atoms in total. The zero-order valence-electron chi connectivity index (χ0n) is 8.29. The van der Waals surface area contributed by atoms with Gasteiger partial charge in [-0.3, -0.25) is 4.79 Å². The van der Waals surface area contributed by atoms with Crippen molar-refractivity contribution >= 4 is 5.78 Å². The van der Waals surface area contributed by atoms with Gasteiger partial charge in [0.15, 0.2) is 5.78 Å². The van der Waals surface area contributed by atoms with Crippen molar-refractivity contribution in [3.63, 3.8) is 0 Å². The molecule has 0 amide bonds. The Kier molecular flexibility index (Phi) is 2.10. The zero-order valence-corrected chi connectivity index (χ0v) is 8.29. The summed E-state index contributed by atoms with van der Waals surface area (Å²) >= 11 is 0. The molecule has 0 heterocycles. The lowest BCUT2D eigenvalue weighted by molar-refractivity contribution is -0.112. The van der Waals surface area contributed by atoms with Crippen LogP contribution in [-0.4, -0.2) is 5.78 Å². The zero-order chi connectivity index (χ0) is 9.42. The summed E-state index contributed by atoms with van der Waals surface area (Å²) in [6.45, 7) is 3.73. The fourth-order valence-electron chi connectivity index (χ4n) is 2.73. The molecule has 0 aromatic carbocycles. The van der Waals surface area contributed by atoms with Crippen LogP contribution >= 0.6 is 0 Å². The summed E-state index contributed by atoms with van der Waals surface area (Å²) in [5.41, 5.74) is 1.28. The SMILES string of the molecule is CC(=O)/C=C(/C)C1CC2C=CC1C2. The summed E-state index contributed by atoms with van der Waals surface area (Å²) in [5, 5.41) is 0. The standard InChI is InChI=1S/C12H16O/c1-8(5-9(2)13)12-7-10-3-4-11(12)6-10/h3-5,10-12H,6-7H2,1-2H3/b8-5-. The van der Waals surface area contributed by atoms with Gasteiger partial charge in [-0.1, -0.05) is 17.7 Å².